The van der Waals surface area contributed by atoms with Crippen LogP contribution in [-0.2, 0) is 27.2 Å². The van der Waals surface area contributed by atoms with Gasteiger partial charge in [0.2, 0.25) is 0 Å². The van der Waals surface area contributed by atoms with Crippen molar-refractivity contribution < 1.29 is 26.9 Å². The van der Waals surface area contributed by atoms with Gasteiger partial charge in [-0.2, -0.15) is 8.42 Å². The maximum Gasteiger partial charge on any atom is 0.269 e. The number of rotatable bonds is 7. The first-order chi connectivity index (χ1) is 15.0. The van der Waals surface area contributed by atoms with Crippen LogP contribution in [0.4, 0.5) is 4.39 Å². The van der Waals surface area contributed by atoms with Crippen LogP contribution in [0.2, 0.25) is 0 Å². The fraction of sp³-hybridized carbons (Fsp3) is 0.409. The third kappa shape index (κ3) is 6.74. The van der Waals surface area contributed by atoms with Crippen molar-refractivity contribution in [3.05, 3.63) is 63.9 Å². The molecule has 2 atom stereocenters. The largest absolute Gasteiger partial charge is 0.483 e. The van der Waals surface area contributed by atoms with Crippen LogP contribution < -0.4 is 4.74 Å². The van der Waals surface area contributed by atoms with Gasteiger partial charge in [0.15, 0.2) is 6.61 Å². The molecule has 3 rings (SSSR count). The number of halogens is 2. The molecule has 0 bridgehead atoms. The quantitative estimate of drug-likeness (QED) is 0.553. The Morgan fingerprint density at radius 1 is 1.16 bits per heavy atom. The predicted octanol–water partition coefficient (Wildman–Crippen LogP) is 3.48. The van der Waals surface area contributed by atoms with Gasteiger partial charge < -0.3 is 9.64 Å². The van der Waals surface area contributed by atoms with Gasteiger partial charge >= 0.3 is 0 Å². The van der Waals surface area contributed by atoms with Gasteiger partial charge in [0, 0.05) is 41.8 Å². The number of carbonyl (C=O) groups excluding carboxylic acids is 1. The van der Waals surface area contributed by atoms with Crippen LogP contribution in [0, 0.1) is 5.82 Å². The Balaban J connectivity index is 1.61. The van der Waals surface area contributed by atoms with Crippen molar-refractivity contribution in [2.75, 3.05) is 19.7 Å². The highest BCUT2D eigenvalue weighted by atomic mass is 79.9. The highest BCUT2D eigenvalue weighted by Crippen LogP contribution is 2.25. The van der Waals surface area contributed by atoms with Crippen LogP contribution in [0.3, 0.4) is 0 Å². The summed E-state index contributed by atoms with van der Waals surface area (Å²) in [6.45, 7) is 5.61. The minimum atomic E-state index is -4.25. The van der Waals surface area contributed by atoms with Crippen LogP contribution in [0.1, 0.15) is 25.0 Å². The summed E-state index contributed by atoms with van der Waals surface area (Å²) in [6.07, 6.45) is 0. The fourth-order valence-electron chi connectivity index (χ4n) is 3.81. The van der Waals surface area contributed by atoms with Gasteiger partial charge in [-0.25, -0.2) is 4.39 Å². The molecular weight excluding hydrogens is 503 g/mol. The van der Waals surface area contributed by atoms with Crippen molar-refractivity contribution in [1.82, 2.24) is 9.80 Å². The van der Waals surface area contributed by atoms with Crippen molar-refractivity contribution in [2.45, 2.75) is 38.2 Å². The summed E-state index contributed by atoms with van der Waals surface area (Å²) < 4.78 is 51.2. The van der Waals surface area contributed by atoms with Crippen molar-refractivity contribution in [1.29, 1.82) is 0 Å². The van der Waals surface area contributed by atoms with Crippen molar-refractivity contribution in [3.63, 3.8) is 0 Å². The molecule has 1 fully saturated rings. The minimum Gasteiger partial charge on any atom is -0.483 e. The first-order valence-corrected chi connectivity index (χ1v) is 12.6. The lowest BCUT2D eigenvalue weighted by Crippen LogP contribution is -2.58. The van der Waals surface area contributed by atoms with Crippen molar-refractivity contribution >= 4 is 32.0 Å². The summed E-state index contributed by atoms with van der Waals surface area (Å²) in [5.74, 6) is -0.844. The van der Waals surface area contributed by atoms with Crippen LogP contribution in [0.5, 0.6) is 5.75 Å². The van der Waals surface area contributed by atoms with E-state index in [9.17, 15) is 22.2 Å². The molecule has 1 saturated heterocycles. The van der Waals surface area contributed by atoms with E-state index in [4.69, 9.17) is 4.74 Å². The minimum absolute atomic E-state index is 0.0510. The second-order valence-corrected chi connectivity index (χ2v) is 10.4. The molecule has 1 N–H and O–H groups in total. The van der Waals surface area contributed by atoms with E-state index in [2.05, 4.69) is 20.8 Å². The lowest BCUT2D eigenvalue weighted by Gasteiger charge is -2.44. The van der Waals surface area contributed by atoms with E-state index >= 15 is 0 Å². The van der Waals surface area contributed by atoms with Crippen LogP contribution in [0.15, 0.2) is 46.9 Å². The number of amides is 1. The van der Waals surface area contributed by atoms with E-state index in [1.165, 1.54) is 18.2 Å². The Morgan fingerprint density at radius 2 is 1.84 bits per heavy atom. The van der Waals surface area contributed by atoms with E-state index in [0.29, 0.717) is 24.1 Å². The van der Waals surface area contributed by atoms with E-state index in [-0.39, 0.29) is 41.7 Å². The van der Waals surface area contributed by atoms with Gasteiger partial charge in [-0.3, -0.25) is 14.2 Å². The molecule has 0 unspecified atom stereocenters. The average Bonchev–Trinajstić information content (AvgIpc) is 2.70. The van der Waals surface area contributed by atoms with Gasteiger partial charge in [-0.05, 0) is 49.7 Å². The second kappa shape index (κ2) is 10.3. The molecule has 2 aromatic carbocycles. The zero-order valence-electron chi connectivity index (χ0n) is 17.9. The Morgan fingerprint density at radius 3 is 2.50 bits per heavy atom. The maximum absolute atomic E-state index is 13.2. The molecule has 0 radical (unpaired) electrons. The summed E-state index contributed by atoms with van der Waals surface area (Å²) in [5.41, 5.74) is 1.27. The molecule has 1 heterocycles. The summed E-state index contributed by atoms with van der Waals surface area (Å²) in [6, 6.07) is 11.2. The molecule has 2 aromatic rings. The molecule has 0 spiro atoms. The number of benzene rings is 2. The first kappa shape index (κ1) is 24.6. The molecule has 0 aliphatic carbocycles. The number of hydrogen-bond donors (Lipinski definition) is 1. The Hall–Kier alpha value is -2.01. The molecule has 0 aromatic heterocycles. The monoisotopic (exact) mass is 528 g/mol. The number of ether oxygens (including phenoxy) is 1. The molecule has 0 saturated carbocycles. The molecule has 7 nitrogen and oxygen atoms in total. The fourth-order valence-corrected chi connectivity index (χ4v) is 4.84. The lowest BCUT2D eigenvalue weighted by atomic mass is 10.1. The third-order valence-electron chi connectivity index (χ3n) is 5.45. The highest BCUT2D eigenvalue weighted by Gasteiger charge is 2.32. The standard InChI is InChI=1S/C22H26BrFN2O5S/c1-15-11-26(16(2)10-25(15)12-17-3-6-20(24)7-4-17)22(27)13-31-21-8-5-19(23)9-18(21)14-32(28,29)30/h3-9,15-16H,10-14H2,1-2H3,(H,28,29,30)/t15-,16+/m0/s1. The Labute approximate surface area is 196 Å². The van der Waals surface area contributed by atoms with Crippen molar-refractivity contribution in [3.8, 4) is 5.75 Å². The zero-order valence-corrected chi connectivity index (χ0v) is 20.3. The van der Waals surface area contributed by atoms with Crippen LogP contribution in [0.25, 0.3) is 0 Å². The lowest BCUT2D eigenvalue weighted by molar-refractivity contribution is -0.139. The maximum atomic E-state index is 13.2. The topological polar surface area (TPSA) is 87.2 Å². The van der Waals surface area contributed by atoms with E-state index < -0.39 is 15.9 Å². The molecule has 10 heteroatoms. The molecular formula is C22H26BrFN2O5S. The molecule has 1 aliphatic heterocycles. The predicted molar refractivity (Wildman–Crippen MR) is 122 cm³/mol. The van der Waals surface area contributed by atoms with Gasteiger partial charge in [-0.1, -0.05) is 28.1 Å². The smallest absolute Gasteiger partial charge is 0.269 e. The zero-order chi connectivity index (χ0) is 23.5. The van der Waals surface area contributed by atoms with E-state index in [1.807, 2.05) is 13.8 Å². The van der Waals surface area contributed by atoms with E-state index in [0.717, 1.165) is 5.56 Å². The van der Waals surface area contributed by atoms with Gasteiger partial charge in [0.25, 0.3) is 16.0 Å². The molecule has 1 aliphatic rings. The number of piperazine rings is 1. The number of hydrogen-bond acceptors (Lipinski definition) is 5. The van der Waals surface area contributed by atoms with Crippen LogP contribution in [-0.4, -0.2) is 60.5 Å². The summed E-state index contributed by atoms with van der Waals surface area (Å²) in [4.78, 5) is 16.9. The third-order valence-corrected chi connectivity index (χ3v) is 6.61. The summed E-state index contributed by atoms with van der Waals surface area (Å²) in [5, 5.41) is 0. The highest BCUT2D eigenvalue weighted by molar-refractivity contribution is 9.10. The van der Waals surface area contributed by atoms with Gasteiger partial charge in [0.05, 0.1) is 0 Å². The summed E-state index contributed by atoms with van der Waals surface area (Å²) in [7, 11) is -4.25. The normalized spacial score (nSPS) is 19.7. The Kier molecular flexibility index (Phi) is 7.92. The molecule has 174 valence electrons. The van der Waals surface area contributed by atoms with Gasteiger partial charge in [0.1, 0.15) is 17.3 Å². The van der Waals surface area contributed by atoms with Crippen LogP contribution >= 0.6 is 15.9 Å². The number of carbonyl (C=O) groups is 1. The first-order valence-electron chi connectivity index (χ1n) is 10.2. The summed E-state index contributed by atoms with van der Waals surface area (Å²) >= 11 is 3.26. The molecule has 32 heavy (non-hydrogen) atoms. The average molecular weight is 529 g/mol. The van der Waals surface area contributed by atoms with Gasteiger partial charge in [-0.15, -0.1) is 0 Å². The Bertz CT molecular complexity index is 1060. The van der Waals surface area contributed by atoms with Crippen molar-refractivity contribution in [2.24, 2.45) is 0 Å². The van der Waals surface area contributed by atoms with E-state index in [1.54, 1.807) is 29.2 Å². The number of nitrogens with zero attached hydrogens (tertiary/aromatic N) is 2. The SMILES string of the molecule is C[C@@H]1CN(Cc2ccc(F)cc2)[C@@H](C)CN1C(=O)COc1ccc(Br)cc1CS(=O)(=O)O. The second-order valence-electron chi connectivity index (χ2n) is 8.07. The molecule has 1 amide bonds.